The number of nitrogens with zero attached hydrogens (tertiary/aromatic N) is 2. The highest BCUT2D eigenvalue weighted by atomic mass is 32.1. The lowest BCUT2D eigenvalue weighted by Gasteiger charge is -1.96. The van der Waals surface area contributed by atoms with Crippen LogP contribution in [-0.4, -0.2) is 16.1 Å². The molecule has 0 radical (unpaired) electrons. The zero-order valence-corrected chi connectivity index (χ0v) is 9.61. The molecule has 0 aromatic carbocycles. The molecule has 0 unspecified atom stereocenters. The Labute approximate surface area is 97.7 Å². The Balaban J connectivity index is 1.95. The van der Waals surface area contributed by atoms with Crippen LogP contribution in [0.15, 0.2) is 23.0 Å². The van der Waals surface area contributed by atoms with Crippen molar-refractivity contribution in [3.05, 3.63) is 28.6 Å². The van der Waals surface area contributed by atoms with E-state index in [1.165, 1.54) is 12.8 Å². The third-order valence-corrected chi connectivity index (χ3v) is 3.54. The summed E-state index contributed by atoms with van der Waals surface area (Å²) in [4.78, 5) is 11.0. The summed E-state index contributed by atoms with van der Waals surface area (Å²) in [5.41, 5.74) is 2.55. The van der Waals surface area contributed by atoms with Gasteiger partial charge in [0.2, 0.25) is 0 Å². The van der Waals surface area contributed by atoms with Gasteiger partial charge in [-0.05, 0) is 30.2 Å². The molecule has 0 N–H and O–H groups in total. The molecule has 2 aromatic heterocycles. The smallest absolute Gasteiger partial charge is 0.153 e. The number of carbonyl (C=O) groups excluding carboxylic acids is 1. The zero-order chi connectivity index (χ0) is 11.0. The first kappa shape index (κ1) is 9.78. The van der Waals surface area contributed by atoms with Gasteiger partial charge in [0.05, 0.1) is 5.56 Å². The predicted octanol–water partition coefficient (Wildman–Crippen LogP) is 2.83. The van der Waals surface area contributed by atoms with Gasteiger partial charge in [-0.15, -0.1) is 0 Å². The average Bonchev–Trinajstić information content (AvgIpc) is 2.83. The molecule has 0 aliphatic heterocycles. The highest BCUT2D eigenvalue weighted by Gasteiger charge is 2.23. The molecule has 1 aliphatic rings. The fraction of sp³-hybridized carbons (Fsp3) is 0.333. The van der Waals surface area contributed by atoms with Gasteiger partial charge in [0.15, 0.2) is 6.29 Å². The molecule has 82 valence electrons. The lowest BCUT2D eigenvalue weighted by Crippen LogP contribution is -1.99. The maximum atomic E-state index is 11.0. The van der Waals surface area contributed by atoms with Gasteiger partial charge in [-0.3, -0.25) is 9.48 Å². The van der Waals surface area contributed by atoms with Gasteiger partial charge in [0.1, 0.15) is 5.69 Å². The van der Waals surface area contributed by atoms with Crippen LogP contribution >= 0.6 is 11.3 Å². The van der Waals surface area contributed by atoms with Crippen LogP contribution in [-0.2, 0) is 6.54 Å². The molecule has 4 heteroatoms. The molecule has 2 aromatic rings. The second-order valence-electron chi connectivity index (χ2n) is 4.23. The van der Waals surface area contributed by atoms with E-state index in [0.717, 1.165) is 30.0 Å². The quantitative estimate of drug-likeness (QED) is 0.760. The Kier molecular flexibility index (Phi) is 2.36. The van der Waals surface area contributed by atoms with Gasteiger partial charge >= 0.3 is 0 Å². The van der Waals surface area contributed by atoms with Gasteiger partial charge in [0, 0.05) is 23.7 Å². The maximum Gasteiger partial charge on any atom is 0.153 e. The summed E-state index contributed by atoms with van der Waals surface area (Å²) in [7, 11) is 0. The Morgan fingerprint density at radius 3 is 3.06 bits per heavy atom. The SMILES string of the molecule is O=Cc1cn(CC2CC2)nc1-c1ccsc1. The maximum absolute atomic E-state index is 11.0. The van der Waals surface area contributed by atoms with Crippen LogP contribution in [0.25, 0.3) is 11.3 Å². The fourth-order valence-corrected chi connectivity index (χ4v) is 2.45. The molecular weight excluding hydrogens is 220 g/mol. The Hall–Kier alpha value is -1.42. The Bertz CT molecular complexity index is 497. The Morgan fingerprint density at radius 2 is 2.44 bits per heavy atom. The van der Waals surface area contributed by atoms with Crippen molar-refractivity contribution in [1.29, 1.82) is 0 Å². The molecule has 1 saturated carbocycles. The number of aldehydes is 1. The predicted molar refractivity (Wildman–Crippen MR) is 63.7 cm³/mol. The number of thiophene rings is 1. The first-order valence-electron chi connectivity index (χ1n) is 5.42. The molecular formula is C12H12N2OS. The van der Waals surface area contributed by atoms with Gasteiger partial charge in [-0.25, -0.2) is 0 Å². The highest BCUT2D eigenvalue weighted by Crippen LogP contribution is 2.31. The molecule has 0 amide bonds. The van der Waals surface area contributed by atoms with E-state index in [2.05, 4.69) is 5.10 Å². The normalized spacial score (nSPS) is 15.2. The second-order valence-corrected chi connectivity index (χ2v) is 5.01. The molecule has 3 rings (SSSR count). The standard InChI is InChI=1S/C12H12N2OS/c15-7-11-6-14(5-9-1-2-9)13-12(11)10-3-4-16-8-10/h3-4,6-9H,1-2,5H2. The summed E-state index contributed by atoms with van der Waals surface area (Å²) in [5.74, 6) is 0.773. The number of rotatable bonds is 4. The zero-order valence-electron chi connectivity index (χ0n) is 8.80. The van der Waals surface area contributed by atoms with E-state index in [0.29, 0.717) is 5.56 Å². The van der Waals surface area contributed by atoms with Crippen molar-refractivity contribution in [2.24, 2.45) is 5.92 Å². The summed E-state index contributed by atoms with van der Waals surface area (Å²) in [6, 6.07) is 2.00. The summed E-state index contributed by atoms with van der Waals surface area (Å²) in [6.07, 6.45) is 5.34. The van der Waals surface area contributed by atoms with Crippen molar-refractivity contribution < 1.29 is 4.79 Å². The summed E-state index contributed by atoms with van der Waals surface area (Å²) in [6.45, 7) is 0.949. The van der Waals surface area contributed by atoms with Crippen molar-refractivity contribution in [3.63, 3.8) is 0 Å². The number of aromatic nitrogens is 2. The molecule has 1 fully saturated rings. The van der Waals surface area contributed by atoms with E-state index in [9.17, 15) is 4.79 Å². The topological polar surface area (TPSA) is 34.9 Å². The molecule has 0 saturated heterocycles. The van der Waals surface area contributed by atoms with Crippen LogP contribution < -0.4 is 0 Å². The number of hydrogen-bond donors (Lipinski definition) is 0. The van der Waals surface area contributed by atoms with Gasteiger partial charge in [0.25, 0.3) is 0 Å². The van der Waals surface area contributed by atoms with Crippen LogP contribution in [0.3, 0.4) is 0 Å². The lowest BCUT2D eigenvalue weighted by molar-refractivity contribution is 0.112. The minimum atomic E-state index is 0.694. The average molecular weight is 232 g/mol. The molecule has 16 heavy (non-hydrogen) atoms. The molecule has 2 heterocycles. The van der Waals surface area contributed by atoms with E-state index in [1.807, 2.05) is 27.7 Å². The third-order valence-electron chi connectivity index (χ3n) is 2.85. The molecule has 1 aliphatic carbocycles. The highest BCUT2D eigenvalue weighted by molar-refractivity contribution is 7.08. The molecule has 3 nitrogen and oxygen atoms in total. The molecule has 0 bridgehead atoms. The molecule has 0 atom stereocenters. The molecule has 0 spiro atoms. The van der Waals surface area contributed by atoms with Crippen molar-refractivity contribution in [1.82, 2.24) is 9.78 Å². The number of carbonyl (C=O) groups is 1. The van der Waals surface area contributed by atoms with E-state index in [1.54, 1.807) is 11.3 Å². The first-order valence-corrected chi connectivity index (χ1v) is 6.36. The third kappa shape index (κ3) is 1.80. The van der Waals surface area contributed by atoms with E-state index >= 15 is 0 Å². The van der Waals surface area contributed by atoms with Crippen molar-refractivity contribution in [2.75, 3.05) is 0 Å². The van der Waals surface area contributed by atoms with Crippen molar-refractivity contribution >= 4 is 17.6 Å². The van der Waals surface area contributed by atoms with Gasteiger partial charge in [-0.2, -0.15) is 16.4 Å². The first-order chi connectivity index (χ1) is 7.86. The minimum Gasteiger partial charge on any atom is -0.298 e. The van der Waals surface area contributed by atoms with Crippen molar-refractivity contribution in [2.45, 2.75) is 19.4 Å². The van der Waals surface area contributed by atoms with Crippen LogP contribution in [0.2, 0.25) is 0 Å². The second kappa shape index (κ2) is 3.87. The van der Waals surface area contributed by atoms with Crippen molar-refractivity contribution in [3.8, 4) is 11.3 Å². The fourth-order valence-electron chi connectivity index (χ4n) is 1.81. The van der Waals surface area contributed by atoms with Crippen LogP contribution in [0.5, 0.6) is 0 Å². The van der Waals surface area contributed by atoms with E-state index in [4.69, 9.17) is 0 Å². The van der Waals surface area contributed by atoms with Gasteiger partial charge in [-0.1, -0.05) is 0 Å². The van der Waals surface area contributed by atoms with Crippen LogP contribution in [0.4, 0.5) is 0 Å². The van der Waals surface area contributed by atoms with Gasteiger partial charge < -0.3 is 0 Å². The largest absolute Gasteiger partial charge is 0.298 e. The lowest BCUT2D eigenvalue weighted by atomic mass is 10.2. The van der Waals surface area contributed by atoms with Crippen LogP contribution in [0.1, 0.15) is 23.2 Å². The minimum absolute atomic E-state index is 0.694. The van der Waals surface area contributed by atoms with Crippen LogP contribution in [0, 0.1) is 5.92 Å². The summed E-state index contributed by atoms with van der Waals surface area (Å²) in [5, 5.41) is 8.52. The summed E-state index contributed by atoms with van der Waals surface area (Å²) >= 11 is 1.62. The number of hydrogen-bond acceptors (Lipinski definition) is 3. The van der Waals surface area contributed by atoms with E-state index in [-0.39, 0.29) is 0 Å². The van der Waals surface area contributed by atoms with E-state index < -0.39 is 0 Å². The Morgan fingerprint density at radius 1 is 1.56 bits per heavy atom. The monoisotopic (exact) mass is 232 g/mol. The summed E-state index contributed by atoms with van der Waals surface area (Å²) < 4.78 is 1.91.